The molecule has 1 aromatic rings. The lowest BCUT2D eigenvalue weighted by molar-refractivity contribution is -0.141. The molecule has 0 saturated heterocycles. The predicted octanol–water partition coefficient (Wildman–Crippen LogP) is 2.67. The third-order valence-corrected chi connectivity index (χ3v) is 3.58. The number of hydrogen-bond donors (Lipinski definition) is 1. The monoisotopic (exact) mass is 301 g/mol. The van der Waals surface area contributed by atoms with E-state index >= 15 is 0 Å². The average Bonchev–Trinajstić information content (AvgIpc) is 3.06. The number of amides is 1. The van der Waals surface area contributed by atoms with Crippen molar-refractivity contribution in [2.24, 2.45) is 11.8 Å². The van der Waals surface area contributed by atoms with Crippen LogP contribution in [0.15, 0.2) is 18.2 Å². The molecule has 19 heavy (non-hydrogen) atoms. The summed E-state index contributed by atoms with van der Waals surface area (Å²) < 4.78 is 0. The summed E-state index contributed by atoms with van der Waals surface area (Å²) >= 11 is 11.8. The molecule has 0 aliphatic heterocycles. The van der Waals surface area contributed by atoms with Crippen LogP contribution in [0.3, 0.4) is 0 Å². The van der Waals surface area contributed by atoms with Gasteiger partial charge < -0.3 is 10.0 Å². The molecule has 1 aliphatic carbocycles. The molecule has 0 aromatic heterocycles. The molecule has 0 unspecified atom stereocenters. The summed E-state index contributed by atoms with van der Waals surface area (Å²) in [4.78, 5) is 24.2. The molecule has 6 heteroatoms. The van der Waals surface area contributed by atoms with Crippen LogP contribution in [0.4, 0.5) is 0 Å². The van der Waals surface area contributed by atoms with Gasteiger partial charge in [0, 0.05) is 23.6 Å². The van der Waals surface area contributed by atoms with E-state index in [1.165, 1.54) is 4.90 Å². The molecule has 1 amide bonds. The van der Waals surface area contributed by atoms with Crippen LogP contribution in [0.25, 0.3) is 0 Å². The number of carbonyl (C=O) groups is 2. The summed E-state index contributed by atoms with van der Waals surface area (Å²) in [5, 5.41) is 9.84. The van der Waals surface area contributed by atoms with Gasteiger partial charge in [-0.05, 0) is 30.2 Å². The largest absolute Gasteiger partial charge is 0.481 e. The zero-order chi connectivity index (χ0) is 14.2. The van der Waals surface area contributed by atoms with Crippen LogP contribution >= 0.6 is 23.2 Å². The first-order valence-corrected chi connectivity index (χ1v) is 6.57. The molecule has 0 radical (unpaired) electrons. The number of rotatable bonds is 4. The lowest BCUT2D eigenvalue weighted by Crippen LogP contribution is -2.28. The minimum atomic E-state index is -0.905. The van der Waals surface area contributed by atoms with Crippen molar-refractivity contribution < 1.29 is 14.7 Å². The Hall–Kier alpha value is -1.26. The molecule has 1 aliphatic rings. The Kier molecular flexibility index (Phi) is 4.02. The molecule has 0 spiro atoms. The molecular weight excluding hydrogens is 289 g/mol. The molecule has 1 N–H and O–H groups in total. The maximum absolute atomic E-state index is 12.0. The van der Waals surface area contributed by atoms with E-state index in [-0.39, 0.29) is 5.91 Å². The predicted molar refractivity (Wildman–Crippen MR) is 72.2 cm³/mol. The van der Waals surface area contributed by atoms with Crippen LogP contribution in [0.2, 0.25) is 10.0 Å². The molecule has 4 nitrogen and oxygen atoms in total. The number of carbonyl (C=O) groups excluding carboxylic acids is 1. The normalized spacial score (nSPS) is 21.0. The summed E-state index contributed by atoms with van der Waals surface area (Å²) in [7, 11) is 1.65. The van der Waals surface area contributed by atoms with Crippen molar-refractivity contribution in [2.75, 3.05) is 7.05 Å². The van der Waals surface area contributed by atoms with Gasteiger partial charge in [0.15, 0.2) is 0 Å². The molecule has 0 bridgehead atoms. The second-order valence-corrected chi connectivity index (χ2v) is 5.63. The van der Waals surface area contributed by atoms with Crippen LogP contribution in [-0.2, 0) is 16.1 Å². The van der Waals surface area contributed by atoms with Crippen molar-refractivity contribution in [2.45, 2.75) is 13.0 Å². The summed E-state index contributed by atoms with van der Waals surface area (Å²) in [6.07, 6.45) is 0.425. The van der Waals surface area contributed by atoms with Gasteiger partial charge in [-0.3, -0.25) is 9.59 Å². The van der Waals surface area contributed by atoms with Crippen molar-refractivity contribution in [3.8, 4) is 0 Å². The standard InChI is InChI=1S/C13H13Cl2NO3/c1-16(12(17)10-5-11(10)13(18)19)6-7-2-8(14)4-9(15)3-7/h2-4,10-11H,5-6H2,1H3,(H,18,19)/t10-,11+/m1/s1. The first-order valence-electron chi connectivity index (χ1n) is 5.81. The van der Waals surface area contributed by atoms with Crippen LogP contribution in [0.1, 0.15) is 12.0 Å². The molecule has 1 saturated carbocycles. The minimum Gasteiger partial charge on any atom is -0.481 e. The van der Waals surface area contributed by atoms with Gasteiger partial charge >= 0.3 is 5.97 Å². The van der Waals surface area contributed by atoms with Gasteiger partial charge in [0.05, 0.1) is 11.8 Å². The highest BCUT2D eigenvalue weighted by molar-refractivity contribution is 6.34. The highest BCUT2D eigenvalue weighted by atomic mass is 35.5. The molecular formula is C13H13Cl2NO3. The van der Waals surface area contributed by atoms with Gasteiger partial charge in [-0.15, -0.1) is 0 Å². The lowest BCUT2D eigenvalue weighted by atomic mass is 10.2. The fourth-order valence-electron chi connectivity index (χ4n) is 2.08. The molecule has 1 aromatic carbocycles. The number of benzene rings is 1. The van der Waals surface area contributed by atoms with E-state index < -0.39 is 17.8 Å². The summed E-state index contributed by atoms with van der Waals surface area (Å²) in [6, 6.07) is 5.09. The first-order chi connectivity index (χ1) is 8.88. The Morgan fingerprint density at radius 3 is 2.32 bits per heavy atom. The summed E-state index contributed by atoms with van der Waals surface area (Å²) in [5.74, 6) is -1.98. The van der Waals surface area contributed by atoms with E-state index in [9.17, 15) is 9.59 Å². The van der Waals surface area contributed by atoms with Crippen molar-refractivity contribution >= 4 is 35.1 Å². The van der Waals surface area contributed by atoms with E-state index in [2.05, 4.69) is 0 Å². The fourth-order valence-corrected chi connectivity index (χ4v) is 2.65. The Bertz CT molecular complexity index is 512. The maximum Gasteiger partial charge on any atom is 0.307 e. The Morgan fingerprint density at radius 2 is 1.84 bits per heavy atom. The minimum absolute atomic E-state index is 0.150. The van der Waals surface area contributed by atoms with Gasteiger partial charge in [0.25, 0.3) is 0 Å². The van der Waals surface area contributed by atoms with E-state index in [0.29, 0.717) is 23.0 Å². The van der Waals surface area contributed by atoms with Gasteiger partial charge in [-0.25, -0.2) is 0 Å². The number of carboxylic acids is 1. The van der Waals surface area contributed by atoms with Crippen LogP contribution in [-0.4, -0.2) is 28.9 Å². The number of carboxylic acid groups (broad SMARTS) is 1. The zero-order valence-electron chi connectivity index (χ0n) is 10.3. The fraction of sp³-hybridized carbons (Fsp3) is 0.385. The molecule has 2 rings (SSSR count). The summed E-state index contributed by atoms with van der Waals surface area (Å²) in [6.45, 7) is 0.363. The van der Waals surface area contributed by atoms with Crippen molar-refractivity contribution in [1.29, 1.82) is 0 Å². The second kappa shape index (κ2) is 5.39. The van der Waals surface area contributed by atoms with Gasteiger partial charge in [0.2, 0.25) is 5.91 Å². The van der Waals surface area contributed by atoms with Gasteiger partial charge in [-0.1, -0.05) is 23.2 Å². The van der Waals surface area contributed by atoms with E-state index in [4.69, 9.17) is 28.3 Å². The van der Waals surface area contributed by atoms with Crippen molar-refractivity contribution in [3.05, 3.63) is 33.8 Å². The third-order valence-electron chi connectivity index (χ3n) is 3.14. The topological polar surface area (TPSA) is 57.6 Å². The molecule has 102 valence electrons. The molecule has 1 fully saturated rings. The smallest absolute Gasteiger partial charge is 0.307 e. The quantitative estimate of drug-likeness (QED) is 0.930. The second-order valence-electron chi connectivity index (χ2n) is 4.76. The maximum atomic E-state index is 12.0. The average molecular weight is 302 g/mol. The molecule has 0 heterocycles. The zero-order valence-corrected chi connectivity index (χ0v) is 11.8. The number of nitrogens with zero attached hydrogens (tertiary/aromatic N) is 1. The first kappa shape index (κ1) is 14.2. The Balaban J connectivity index is 1.99. The van der Waals surface area contributed by atoms with Crippen molar-refractivity contribution in [3.63, 3.8) is 0 Å². The van der Waals surface area contributed by atoms with E-state index in [0.717, 1.165) is 5.56 Å². The Labute approximate surface area is 120 Å². The summed E-state index contributed by atoms with van der Waals surface area (Å²) in [5.41, 5.74) is 0.820. The SMILES string of the molecule is CN(Cc1cc(Cl)cc(Cl)c1)C(=O)[C@@H]1C[C@@H]1C(=O)O. The van der Waals surface area contributed by atoms with Gasteiger partial charge in [-0.2, -0.15) is 0 Å². The van der Waals surface area contributed by atoms with Gasteiger partial charge in [0.1, 0.15) is 0 Å². The van der Waals surface area contributed by atoms with Crippen LogP contribution < -0.4 is 0 Å². The highest BCUT2D eigenvalue weighted by Gasteiger charge is 2.49. The number of halogens is 2. The van der Waals surface area contributed by atoms with Crippen LogP contribution in [0, 0.1) is 11.8 Å². The number of hydrogen-bond acceptors (Lipinski definition) is 2. The van der Waals surface area contributed by atoms with Crippen molar-refractivity contribution in [1.82, 2.24) is 4.90 Å². The number of aliphatic carboxylic acids is 1. The van der Waals surface area contributed by atoms with E-state index in [1.54, 1.807) is 25.2 Å². The Morgan fingerprint density at radius 1 is 1.26 bits per heavy atom. The highest BCUT2D eigenvalue weighted by Crippen LogP contribution is 2.40. The van der Waals surface area contributed by atoms with Crippen LogP contribution in [0.5, 0.6) is 0 Å². The lowest BCUT2D eigenvalue weighted by Gasteiger charge is -2.17. The molecule has 2 atom stereocenters. The van der Waals surface area contributed by atoms with E-state index in [1.807, 2.05) is 0 Å². The third kappa shape index (κ3) is 3.39.